The van der Waals surface area contributed by atoms with Crippen LogP contribution in [0.4, 0.5) is 10.1 Å². The van der Waals surface area contributed by atoms with Crippen molar-refractivity contribution in [2.24, 2.45) is 5.41 Å². The molecular weight excluding hydrogens is 289 g/mol. The number of hydrogen-bond acceptors (Lipinski definition) is 4. The van der Waals surface area contributed by atoms with Crippen molar-refractivity contribution < 1.29 is 23.8 Å². The van der Waals surface area contributed by atoms with Crippen molar-refractivity contribution in [2.45, 2.75) is 40.0 Å². The van der Waals surface area contributed by atoms with E-state index in [4.69, 9.17) is 10.5 Å². The lowest BCUT2D eigenvalue weighted by Crippen LogP contribution is -2.30. The molecule has 0 aliphatic heterocycles. The van der Waals surface area contributed by atoms with E-state index in [1.807, 2.05) is 6.92 Å². The van der Waals surface area contributed by atoms with Gasteiger partial charge in [0.05, 0.1) is 23.3 Å². The average molecular weight is 311 g/mol. The summed E-state index contributed by atoms with van der Waals surface area (Å²) < 4.78 is 19.1. The van der Waals surface area contributed by atoms with E-state index < -0.39 is 23.0 Å². The molecule has 0 spiro atoms. The third kappa shape index (κ3) is 3.96. The van der Waals surface area contributed by atoms with Crippen LogP contribution in [0, 0.1) is 11.2 Å². The third-order valence-electron chi connectivity index (χ3n) is 3.71. The number of rotatable bonds is 8. The van der Waals surface area contributed by atoms with Crippen LogP contribution in [-0.4, -0.2) is 23.5 Å². The number of halogens is 1. The maximum atomic E-state index is 13.7. The number of ether oxygens (including phenoxy) is 1. The van der Waals surface area contributed by atoms with E-state index in [2.05, 4.69) is 0 Å². The second kappa shape index (κ2) is 7.24. The van der Waals surface area contributed by atoms with Gasteiger partial charge in [-0.2, -0.15) is 0 Å². The van der Waals surface area contributed by atoms with E-state index in [0.29, 0.717) is 13.0 Å². The second-order valence-electron chi connectivity index (χ2n) is 5.54. The smallest absolute Gasteiger partial charge is 0.309 e. The molecular formula is C16H22FNO4. The number of aliphatic carboxylic acids is 1. The largest absolute Gasteiger partial charge is 0.493 e. The minimum Gasteiger partial charge on any atom is -0.493 e. The van der Waals surface area contributed by atoms with Gasteiger partial charge in [-0.3, -0.25) is 9.59 Å². The summed E-state index contributed by atoms with van der Waals surface area (Å²) in [6.07, 6.45) is 0.772. The van der Waals surface area contributed by atoms with E-state index in [1.165, 1.54) is 13.0 Å². The highest BCUT2D eigenvalue weighted by molar-refractivity contribution is 6.01. The van der Waals surface area contributed by atoms with Gasteiger partial charge in [-0.15, -0.1) is 0 Å². The van der Waals surface area contributed by atoms with Crippen LogP contribution in [0.3, 0.4) is 0 Å². The van der Waals surface area contributed by atoms with Crippen LogP contribution in [-0.2, 0) is 4.79 Å². The Hall–Kier alpha value is -2.11. The van der Waals surface area contributed by atoms with Crippen molar-refractivity contribution in [2.75, 3.05) is 12.3 Å². The number of Topliss-reactive ketones (excluding diaryl/α,β-unsaturated/α-hetero) is 1. The molecule has 0 radical (unpaired) electrons. The summed E-state index contributed by atoms with van der Waals surface area (Å²) >= 11 is 0. The Morgan fingerprint density at radius 1 is 1.36 bits per heavy atom. The molecule has 0 amide bonds. The van der Waals surface area contributed by atoms with Gasteiger partial charge in [0, 0.05) is 12.5 Å². The summed E-state index contributed by atoms with van der Waals surface area (Å²) in [6, 6.07) is 2.28. The van der Waals surface area contributed by atoms with Gasteiger partial charge in [0.25, 0.3) is 0 Å². The van der Waals surface area contributed by atoms with Crippen molar-refractivity contribution in [3.05, 3.63) is 23.5 Å². The van der Waals surface area contributed by atoms with E-state index in [0.717, 1.165) is 6.07 Å². The zero-order valence-corrected chi connectivity index (χ0v) is 13.1. The number of ketones is 1. The standard InChI is InChI=1S/C16H22FNO4/c1-4-6-22-14-8-12(18)11(17)7-10(14)13(19)9-16(3,5-2)15(20)21/h7-8H,4-6,9,18H2,1-3H3,(H,20,21)/t16-/m0/s1. The molecule has 1 atom stereocenters. The lowest BCUT2D eigenvalue weighted by molar-refractivity contribution is -0.148. The lowest BCUT2D eigenvalue weighted by Gasteiger charge is -2.22. The molecule has 0 unspecified atom stereocenters. The van der Waals surface area contributed by atoms with E-state index in [9.17, 15) is 19.1 Å². The summed E-state index contributed by atoms with van der Waals surface area (Å²) in [5, 5.41) is 9.26. The molecule has 6 heteroatoms. The van der Waals surface area contributed by atoms with Crippen LogP contribution >= 0.6 is 0 Å². The number of nitrogen functional groups attached to an aromatic ring is 1. The number of carboxylic acids is 1. The van der Waals surface area contributed by atoms with Gasteiger partial charge >= 0.3 is 5.97 Å². The first-order valence-electron chi connectivity index (χ1n) is 7.23. The Kier molecular flexibility index (Phi) is 5.91. The quantitative estimate of drug-likeness (QED) is 0.568. The van der Waals surface area contributed by atoms with Crippen LogP contribution in [0.25, 0.3) is 0 Å². The Balaban J connectivity index is 3.15. The predicted octanol–water partition coefficient (Wildman–Crippen LogP) is 3.27. The molecule has 0 saturated heterocycles. The normalized spacial score (nSPS) is 13.5. The van der Waals surface area contributed by atoms with Gasteiger partial charge in [0.2, 0.25) is 0 Å². The highest BCUT2D eigenvalue weighted by atomic mass is 19.1. The van der Waals surface area contributed by atoms with Crippen LogP contribution < -0.4 is 10.5 Å². The van der Waals surface area contributed by atoms with Gasteiger partial charge in [0.15, 0.2) is 5.78 Å². The number of nitrogens with two attached hydrogens (primary N) is 1. The highest BCUT2D eigenvalue weighted by Gasteiger charge is 2.35. The molecule has 0 fully saturated rings. The van der Waals surface area contributed by atoms with Crippen molar-refractivity contribution in [1.82, 2.24) is 0 Å². The monoisotopic (exact) mass is 311 g/mol. The minimum atomic E-state index is -1.20. The lowest BCUT2D eigenvalue weighted by atomic mass is 9.81. The van der Waals surface area contributed by atoms with Gasteiger partial charge in [-0.1, -0.05) is 13.8 Å². The Morgan fingerprint density at radius 3 is 2.50 bits per heavy atom. The van der Waals surface area contributed by atoms with Gasteiger partial charge in [-0.05, 0) is 25.8 Å². The second-order valence-corrected chi connectivity index (χ2v) is 5.54. The first-order valence-corrected chi connectivity index (χ1v) is 7.23. The van der Waals surface area contributed by atoms with Crippen molar-refractivity contribution >= 4 is 17.4 Å². The molecule has 0 aromatic heterocycles. The van der Waals surface area contributed by atoms with E-state index in [1.54, 1.807) is 6.92 Å². The molecule has 1 aromatic carbocycles. The minimum absolute atomic E-state index is 0.0288. The zero-order valence-electron chi connectivity index (χ0n) is 13.1. The Morgan fingerprint density at radius 2 is 2.00 bits per heavy atom. The fourth-order valence-electron chi connectivity index (χ4n) is 1.92. The first-order chi connectivity index (χ1) is 10.2. The summed E-state index contributed by atoms with van der Waals surface area (Å²) in [5.74, 6) is -2.07. The molecule has 1 rings (SSSR count). The summed E-state index contributed by atoms with van der Waals surface area (Å²) in [5.41, 5.74) is 4.22. The molecule has 0 aliphatic carbocycles. The number of carbonyl (C=O) groups is 2. The van der Waals surface area contributed by atoms with Crippen LogP contribution in [0.5, 0.6) is 5.75 Å². The Labute approximate surface area is 129 Å². The van der Waals surface area contributed by atoms with Gasteiger partial charge in [0.1, 0.15) is 11.6 Å². The number of carbonyl (C=O) groups excluding carboxylic acids is 1. The molecule has 0 saturated carbocycles. The fraction of sp³-hybridized carbons (Fsp3) is 0.500. The summed E-state index contributed by atoms with van der Waals surface area (Å²) in [4.78, 5) is 23.7. The molecule has 0 heterocycles. The number of anilines is 1. The molecule has 122 valence electrons. The number of benzene rings is 1. The number of carboxylic acid groups (broad SMARTS) is 1. The maximum absolute atomic E-state index is 13.7. The van der Waals surface area contributed by atoms with E-state index >= 15 is 0 Å². The topological polar surface area (TPSA) is 89.6 Å². The van der Waals surface area contributed by atoms with E-state index in [-0.39, 0.29) is 29.8 Å². The van der Waals surface area contributed by atoms with Crippen LogP contribution in [0.1, 0.15) is 50.4 Å². The maximum Gasteiger partial charge on any atom is 0.309 e. The van der Waals surface area contributed by atoms with Crippen LogP contribution in [0.2, 0.25) is 0 Å². The molecule has 22 heavy (non-hydrogen) atoms. The molecule has 3 N–H and O–H groups in total. The number of hydrogen-bond donors (Lipinski definition) is 2. The van der Waals surface area contributed by atoms with Crippen LogP contribution in [0.15, 0.2) is 12.1 Å². The summed E-state index contributed by atoms with van der Waals surface area (Å²) in [7, 11) is 0. The van der Waals surface area contributed by atoms with Gasteiger partial charge < -0.3 is 15.6 Å². The molecule has 5 nitrogen and oxygen atoms in total. The van der Waals surface area contributed by atoms with Gasteiger partial charge in [-0.25, -0.2) is 4.39 Å². The van der Waals surface area contributed by atoms with Crippen molar-refractivity contribution in [3.63, 3.8) is 0 Å². The predicted molar refractivity (Wildman–Crippen MR) is 81.6 cm³/mol. The van der Waals surface area contributed by atoms with Crippen molar-refractivity contribution in [3.8, 4) is 5.75 Å². The third-order valence-corrected chi connectivity index (χ3v) is 3.71. The summed E-state index contributed by atoms with van der Waals surface area (Å²) in [6.45, 7) is 5.44. The molecule has 0 aliphatic rings. The molecule has 0 bridgehead atoms. The zero-order chi connectivity index (χ0) is 16.9. The Bertz CT molecular complexity index is 574. The highest BCUT2D eigenvalue weighted by Crippen LogP contribution is 2.32. The van der Waals surface area contributed by atoms with Crippen molar-refractivity contribution in [1.29, 1.82) is 0 Å². The average Bonchev–Trinajstić information content (AvgIpc) is 2.47. The SMILES string of the molecule is CCCOc1cc(N)c(F)cc1C(=O)C[C@](C)(CC)C(=O)O. The molecule has 1 aromatic rings. The fourth-order valence-corrected chi connectivity index (χ4v) is 1.92. The first kappa shape index (κ1) is 17.9.